The summed E-state index contributed by atoms with van der Waals surface area (Å²) in [5.41, 5.74) is 0.811. The molecule has 1 heterocycles. The Kier molecular flexibility index (Phi) is 6.13. The normalized spacial score (nSPS) is 17.5. The van der Waals surface area contributed by atoms with E-state index >= 15 is 0 Å². The van der Waals surface area contributed by atoms with Gasteiger partial charge in [0.05, 0.1) is 0 Å². The van der Waals surface area contributed by atoms with Crippen LogP contribution in [0.3, 0.4) is 0 Å². The molecule has 2 rings (SSSR count). The Morgan fingerprint density at radius 3 is 2.78 bits per heavy atom. The molecule has 1 unspecified atom stereocenters. The molecule has 1 aliphatic rings. The van der Waals surface area contributed by atoms with Gasteiger partial charge < -0.3 is 15.1 Å². The van der Waals surface area contributed by atoms with Crippen molar-refractivity contribution in [1.29, 1.82) is 0 Å². The topological polar surface area (TPSA) is 52.6 Å². The average molecular weight is 358 g/mol. The predicted octanol–water partition coefficient (Wildman–Crippen LogP) is 3.00. The highest BCUT2D eigenvalue weighted by Crippen LogP contribution is 2.21. The summed E-state index contributed by atoms with van der Waals surface area (Å²) < 4.78 is 0. The van der Waals surface area contributed by atoms with E-state index in [1.165, 1.54) is 0 Å². The molecular formula is C16H21Cl2N3O2. The summed E-state index contributed by atoms with van der Waals surface area (Å²) in [5.74, 6) is 0.358. The van der Waals surface area contributed by atoms with Crippen LogP contribution in [0.5, 0.6) is 0 Å². The molecule has 0 bridgehead atoms. The number of nitrogens with zero attached hydrogens (tertiary/aromatic N) is 2. The number of carbonyl (C=O) groups excluding carboxylic acids is 2. The van der Waals surface area contributed by atoms with Gasteiger partial charge in [0.15, 0.2) is 0 Å². The van der Waals surface area contributed by atoms with Crippen LogP contribution in [0.25, 0.3) is 0 Å². The molecule has 0 aromatic heterocycles. The molecule has 0 saturated carbocycles. The lowest BCUT2D eigenvalue weighted by atomic mass is 10.1. The van der Waals surface area contributed by atoms with Crippen molar-refractivity contribution in [1.82, 2.24) is 15.1 Å². The molecule has 23 heavy (non-hydrogen) atoms. The maximum atomic E-state index is 12.2. The molecule has 1 aromatic carbocycles. The van der Waals surface area contributed by atoms with Gasteiger partial charge in [-0.1, -0.05) is 29.3 Å². The average Bonchev–Trinajstić information content (AvgIpc) is 2.85. The third-order valence-corrected chi connectivity index (χ3v) is 4.59. The number of nitrogens with one attached hydrogen (secondary N) is 1. The first-order valence-corrected chi connectivity index (χ1v) is 8.37. The highest BCUT2D eigenvalue weighted by Gasteiger charge is 2.29. The maximum absolute atomic E-state index is 12.2. The first-order chi connectivity index (χ1) is 10.9. The molecule has 1 aliphatic heterocycles. The molecule has 1 saturated heterocycles. The summed E-state index contributed by atoms with van der Waals surface area (Å²) >= 11 is 11.9. The van der Waals surface area contributed by atoms with Crippen LogP contribution in [-0.4, -0.2) is 48.4 Å². The fraction of sp³-hybridized carbons (Fsp3) is 0.500. The van der Waals surface area contributed by atoms with E-state index in [4.69, 9.17) is 23.2 Å². The summed E-state index contributed by atoms with van der Waals surface area (Å²) in [5, 5.41) is 3.92. The zero-order valence-electron chi connectivity index (χ0n) is 13.3. The summed E-state index contributed by atoms with van der Waals surface area (Å²) in [6, 6.07) is 5.00. The van der Waals surface area contributed by atoms with Gasteiger partial charge in [-0.25, -0.2) is 4.79 Å². The minimum Gasteiger partial charge on any atom is -0.343 e. The standard InChI is InChI=1S/C16H21Cl2N3O2/c1-3-21-10-11(6-15(21)22)9-20(2)16(23)19-8-12-4-5-13(17)7-14(12)18/h4-5,7,11H,3,6,8-10H2,1-2H3,(H,19,23). The SMILES string of the molecule is CCN1CC(CN(C)C(=O)NCc2ccc(Cl)cc2Cl)CC1=O. The quantitative estimate of drug-likeness (QED) is 0.880. The lowest BCUT2D eigenvalue weighted by molar-refractivity contribution is -0.127. The summed E-state index contributed by atoms with van der Waals surface area (Å²) in [7, 11) is 1.73. The van der Waals surface area contributed by atoms with Crippen LogP contribution in [0.15, 0.2) is 18.2 Å². The van der Waals surface area contributed by atoms with Gasteiger partial charge in [0.1, 0.15) is 0 Å². The molecule has 1 atom stereocenters. The Morgan fingerprint density at radius 2 is 2.17 bits per heavy atom. The predicted molar refractivity (Wildman–Crippen MR) is 91.7 cm³/mol. The first-order valence-electron chi connectivity index (χ1n) is 7.61. The van der Waals surface area contributed by atoms with Crippen LogP contribution in [-0.2, 0) is 11.3 Å². The van der Waals surface area contributed by atoms with Crippen LogP contribution in [0, 0.1) is 5.92 Å². The van der Waals surface area contributed by atoms with Crippen molar-refractivity contribution >= 4 is 35.1 Å². The fourth-order valence-corrected chi connectivity index (χ4v) is 3.20. The monoisotopic (exact) mass is 357 g/mol. The van der Waals surface area contributed by atoms with Crippen LogP contribution in [0.4, 0.5) is 4.79 Å². The molecule has 3 amide bonds. The molecule has 0 spiro atoms. The maximum Gasteiger partial charge on any atom is 0.317 e. The highest BCUT2D eigenvalue weighted by molar-refractivity contribution is 6.35. The third kappa shape index (κ3) is 4.75. The lowest BCUT2D eigenvalue weighted by Crippen LogP contribution is -2.40. The van der Waals surface area contributed by atoms with Gasteiger partial charge in [0.2, 0.25) is 5.91 Å². The van der Waals surface area contributed by atoms with Crippen molar-refractivity contribution in [2.45, 2.75) is 19.9 Å². The van der Waals surface area contributed by atoms with E-state index in [-0.39, 0.29) is 17.9 Å². The number of amides is 3. The number of hydrogen-bond donors (Lipinski definition) is 1. The second-order valence-electron chi connectivity index (χ2n) is 5.78. The van der Waals surface area contributed by atoms with E-state index in [0.717, 1.165) is 18.7 Å². The van der Waals surface area contributed by atoms with Crippen molar-refractivity contribution in [3.05, 3.63) is 33.8 Å². The van der Waals surface area contributed by atoms with Crippen LogP contribution >= 0.6 is 23.2 Å². The Morgan fingerprint density at radius 1 is 1.43 bits per heavy atom. The second kappa shape index (κ2) is 7.88. The molecule has 0 radical (unpaired) electrons. The second-order valence-corrected chi connectivity index (χ2v) is 6.62. The molecule has 7 heteroatoms. The number of hydrogen-bond acceptors (Lipinski definition) is 2. The van der Waals surface area contributed by atoms with E-state index in [0.29, 0.717) is 29.6 Å². The van der Waals surface area contributed by atoms with Gasteiger partial charge in [-0.2, -0.15) is 0 Å². The van der Waals surface area contributed by atoms with Gasteiger partial charge in [-0.3, -0.25) is 4.79 Å². The zero-order valence-corrected chi connectivity index (χ0v) is 14.8. The number of halogens is 2. The fourth-order valence-electron chi connectivity index (χ4n) is 2.72. The van der Waals surface area contributed by atoms with E-state index in [1.54, 1.807) is 30.1 Å². The van der Waals surface area contributed by atoms with Crippen LogP contribution in [0.1, 0.15) is 18.9 Å². The number of likely N-dealkylation sites (tertiary alicyclic amines) is 1. The molecular weight excluding hydrogens is 337 g/mol. The largest absolute Gasteiger partial charge is 0.343 e. The van der Waals surface area contributed by atoms with Crippen molar-refractivity contribution in [3.63, 3.8) is 0 Å². The van der Waals surface area contributed by atoms with E-state index in [2.05, 4.69) is 5.32 Å². The lowest BCUT2D eigenvalue weighted by Gasteiger charge is -2.22. The van der Waals surface area contributed by atoms with Gasteiger partial charge in [0, 0.05) is 55.6 Å². The number of rotatable bonds is 5. The highest BCUT2D eigenvalue weighted by atomic mass is 35.5. The Labute approximate surface area is 146 Å². The van der Waals surface area contributed by atoms with E-state index < -0.39 is 0 Å². The molecule has 1 fully saturated rings. The van der Waals surface area contributed by atoms with Crippen molar-refractivity contribution in [3.8, 4) is 0 Å². The van der Waals surface area contributed by atoms with Gasteiger partial charge in [-0.05, 0) is 24.6 Å². The number of urea groups is 1. The summed E-state index contributed by atoms with van der Waals surface area (Å²) in [6.45, 7) is 4.30. The molecule has 1 aromatic rings. The van der Waals surface area contributed by atoms with Gasteiger partial charge >= 0.3 is 6.03 Å². The molecule has 1 N–H and O–H groups in total. The number of carbonyl (C=O) groups is 2. The van der Waals surface area contributed by atoms with E-state index in [1.807, 2.05) is 11.8 Å². The summed E-state index contributed by atoms with van der Waals surface area (Å²) in [4.78, 5) is 27.3. The Hall–Kier alpha value is -1.46. The molecule has 5 nitrogen and oxygen atoms in total. The Balaban J connectivity index is 1.82. The zero-order chi connectivity index (χ0) is 17.0. The van der Waals surface area contributed by atoms with Crippen LogP contribution < -0.4 is 5.32 Å². The van der Waals surface area contributed by atoms with Crippen LogP contribution in [0.2, 0.25) is 10.0 Å². The van der Waals surface area contributed by atoms with Crippen molar-refractivity contribution < 1.29 is 9.59 Å². The van der Waals surface area contributed by atoms with Gasteiger partial charge in [-0.15, -0.1) is 0 Å². The Bertz CT molecular complexity index is 595. The summed E-state index contributed by atoms with van der Waals surface area (Å²) in [6.07, 6.45) is 0.508. The molecule has 0 aliphatic carbocycles. The first kappa shape index (κ1) is 17.9. The van der Waals surface area contributed by atoms with E-state index in [9.17, 15) is 9.59 Å². The third-order valence-electron chi connectivity index (χ3n) is 4.00. The smallest absolute Gasteiger partial charge is 0.317 e. The van der Waals surface area contributed by atoms with Crippen molar-refractivity contribution in [2.75, 3.05) is 26.7 Å². The molecule has 126 valence electrons. The number of benzene rings is 1. The van der Waals surface area contributed by atoms with Gasteiger partial charge in [0.25, 0.3) is 0 Å². The van der Waals surface area contributed by atoms with Crippen molar-refractivity contribution in [2.24, 2.45) is 5.92 Å². The minimum atomic E-state index is -0.182. The minimum absolute atomic E-state index is 0.166.